The second-order valence-electron chi connectivity index (χ2n) is 5.32. The average Bonchev–Trinajstić information content (AvgIpc) is 2.86. The topological polar surface area (TPSA) is 50.7 Å². The van der Waals surface area contributed by atoms with Crippen LogP contribution >= 0.6 is 0 Å². The van der Waals surface area contributed by atoms with Crippen molar-refractivity contribution in [2.75, 3.05) is 26.8 Å². The molecule has 0 radical (unpaired) electrons. The molecule has 0 aromatic heterocycles. The number of aliphatic hydroxyl groups is 1. The number of hydrogen-bond donors (Lipinski definition) is 2. The lowest BCUT2D eigenvalue weighted by Gasteiger charge is -2.24. The maximum atomic E-state index is 10.1. The number of aliphatic hydroxyl groups excluding tert-OH is 1. The van der Waals surface area contributed by atoms with Gasteiger partial charge in [0.25, 0.3) is 0 Å². The molecule has 0 amide bonds. The molecule has 2 rings (SSSR count). The lowest BCUT2D eigenvalue weighted by molar-refractivity contribution is 0.0185. The minimum atomic E-state index is -0.504. The predicted octanol–water partition coefficient (Wildman–Crippen LogP) is 1.89. The third-order valence-corrected chi connectivity index (χ3v) is 3.64. The number of benzene rings is 1. The number of hydrogen-bond acceptors (Lipinski definition) is 4. The quantitative estimate of drug-likeness (QED) is 0.824. The molecule has 106 valence electrons. The van der Waals surface area contributed by atoms with Gasteiger partial charge in [-0.2, -0.15) is 0 Å². The highest BCUT2D eigenvalue weighted by molar-refractivity contribution is 5.28. The van der Waals surface area contributed by atoms with Crippen LogP contribution in [0.1, 0.15) is 31.4 Å². The summed E-state index contributed by atoms with van der Waals surface area (Å²) in [6.45, 7) is 4.28. The van der Waals surface area contributed by atoms with Gasteiger partial charge in [-0.3, -0.25) is 0 Å². The first-order valence-electron chi connectivity index (χ1n) is 6.80. The van der Waals surface area contributed by atoms with Gasteiger partial charge < -0.3 is 19.9 Å². The number of ether oxygens (including phenoxy) is 2. The van der Waals surface area contributed by atoms with E-state index >= 15 is 0 Å². The van der Waals surface area contributed by atoms with Crippen LogP contribution < -0.4 is 10.1 Å². The van der Waals surface area contributed by atoms with Crippen LogP contribution in [0.3, 0.4) is 0 Å². The van der Waals surface area contributed by atoms with Gasteiger partial charge in [0.05, 0.1) is 18.8 Å². The summed E-state index contributed by atoms with van der Waals surface area (Å²) in [4.78, 5) is 0. The Morgan fingerprint density at radius 2 is 2.16 bits per heavy atom. The van der Waals surface area contributed by atoms with E-state index in [1.807, 2.05) is 24.3 Å². The van der Waals surface area contributed by atoms with Gasteiger partial charge in [-0.15, -0.1) is 0 Å². The summed E-state index contributed by atoms with van der Waals surface area (Å²) in [6.07, 6.45) is 1.70. The van der Waals surface area contributed by atoms with Crippen molar-refractivity contribution in [1.29, 1.82) is 0 Å². The van der Waals surface area contributed by atoms with Crippen LogP contribution in [0.4, 0.5) is 0 Å². The van der Waals surface area contributed by atoms with Crippen LogP contribution in [-0.2, 0) is 4.74 Å². The van der Waals surface area contributed by atoms with E-state index in [2.05, 4.69) is 12.2 Å². The lowest BCUT2D eigenvalue weighted by atomic mass is 10.0. The van der Waals surface area contributed by atoms with E-state index in [0.717, 1.165) is 37.3 Å². The molecule has 0 spiro atoms. The standard InChI is InChI=1S/C15H23NO3/c1-15(8-3-9-19-15)11-16-10-14(17)12-4-6-13(18-2)7-5-12/h4-7,14,16-17H,3,8-11H2,1-2H3. The van der Waals surface area contributed by atoms with Crippen LogP contribution in [-0.4, -0.2) is 37.5 Å². The summed E-state index contributed by atoms with van der Waals surface area (Å²) >= 11 is 0. The molecule has 2 atom stereocenters. The van der Waals surface area contributed by atoms with Gasteiger partial charge in [0, 0.05) is 19.7 Å². The zero-order valence-electron chi connectivity index (χ0n) is 11.7. The van der Waals surface area contributed by atoms with Crippen LogP contribution in [0.15, 0.2) is 24.3 Å². The maximum absolute atomic E-state index is 10.1. The van der Waals surface area contributed by atoms with Crippen molar-refractivity contribution >= 4 is 0 Å². The predicted molar refractivity (Wildman–Crippen MR) is 74.4 cm³/mol. The first-order chi connectivity index (χ1) is 9.13. The average molecular weight is 265 g/mol. The van der Waals surface area contributed by atoms with Gasteiger partial charge in [0.2, 0.25) is 0 Å². The summed E-state index contributed by atoms with van der Waals surface area (Å²) in [6, 6.07) is 7.50. The largest absolute Gasteiger partial charge is 0.497 e. The van der Waals surface area contributed by atoms with E-state index in [1.165, 1.54) is 0 Å². The molecule has 1 aromatic carbocycles. The van der Waals surface area contributed by atoms with Crippen molar-refractivity contribution in [2.24, 2.45) is 0 Å². The van der Waals surface area contributed by atoms with E-state index in [1.54, 1.807) is 7.11 Å². The van der Waals surface area contributed by atoms with E-state index in [0.29, 0.717) is 6.54 Å². The van der Waals surface area contributed by atoms with E-state index in [4.69, 9.17) is 9.47 Å². The van der Waals surface area contributed by atoms with E-state index in [9.17, 15) is 5.11 Å². The SMILES string of the molecule is COc1ccc(C(O)CNCC2(C)CCCO2)cc1. The fourth-order valence-corrected chi connectivity index (χ4v) is 2.39. The number of rotatable bonds is 6. The van der Waals surface area contributed by atoms with Crippen LogP contribution in [0, 0.1) is 0 Å². The van der Waals surface area contributed by atoms with Crippen LogP contribution in [0.5, 0.6) is 5.75 Å². The van der Waals surface area contributed by atoms with Crippen molar-refractivity contribution in [3.8, 4) is 5.75 Å². The van der Waals surface area contributed by atoms with Crippen molar-refractivity contribution in [1.82, 2.24) is 5.32 Å². The molecule has 1 aliphatic heterocycles. The summed E-state index contributed by atoms with van der Waals surface area (Å²) in [5.41, 5.74) is 0.824. The molecular formula is C15H23NO3. The van der Waals surface area contributed by atoms with Gasteiger partial charge in [0.1, 0.15) is 5.75 Å². The molecule has 0 bridgehead atoms. The van der Waals surface area contributed by atoms with E-state index in [-0.39, 0.29) is 5.60 Å². The van der Waals surface area contributed by atoms with Gasteiger partial charge >= 0.3 is 0 Å². The Hall–Kier alpha value is -1.10. The Morgan fingerprint density at radius 3 is 2.74 bits per heavy atom. The molecule has 2 unspecified atom stereocenters. The van der Waals surface area contributed by atoms with Crippen LogP contribution in [0.2, 0.25) is 0 Å². The molecule has 1 saturated heterocycles. The minimum Gasteiger partial charge on any atom is -0.497 e. The Morgan fingerprint density at radius 1 is 1.42 bits per heavy atom. The summed E-state index contributed by atoms with van der Waals surface area (Å²) < 4.78 is 10.8. The third-order valence-electron chi connectivity index (χ3n) is 3.64. The summed E-state index contributed by atoms with van der Waals surface area (Å²) in [5, 5.41) is 13.4. The van der Waals surface area contributed by atoms with Gasteiger partial charge in [0.15, 0.2) is 0 Å². The Labute approximate surface area is 114 Å². The first-order valence-corrected chi connectivity index (χ1v) is 6.80. The van der Waals surface area contributed by atoms with Crippen molar-refractivity contribution in [3.05, 3.63) is 29.8 Å². The van der Waals surface area contributed by atoms with Gasteiger partial charge in [-0.1, -0.05) is 12.1 Å². The lowest BCUT2D eigenvalue weighted by Crippen LogP contribution is -2.38. The van der Waals surface area contributed by atoms with Crippen molar-refractivity contribution < 1.29 is 14.6 Å². The second-order valence-corrected chi connectivity index (χ2v) is 5.32. The van der Waals surface area contributed by atoms with Gasteiger partial charge in [-0.25, -0.2) is 0 Å². The Bertz CT molecular complexity index is 385. The molecule has 0 saturated carbocycles. The monoisotopic (exact) mass is 265 g/mol. The van der Waals surface area contributed by atoms with Gasteiger partial charge in [-0.05, 0) is 37.5 Å². The summed E-state index contributed by atoms with van der Waals surface area (Å²) in [5.74, 6) is 0.802. The van der Waals surface area contributed by atoms with Crippen molar-refractivity contribution in [2.45, 2.75) is 31.5 Å². The van der Waals surface area contributed by atoms with Crippen LogP contribution in [0.25, 0.3) is 0 Å². The molecule has 4 heteroatoms. The first kappa shape index (κ1) is 14.3. The molecule has 1 fully saturated rings. The molecule has 1 aromatic rings. The summed E-state index contributed by atoms with van der Waals surface area (Å²) in [7, 11) is 1.63. The highest BCUT2D eigenvalue weighted by Gasteiger charge is 2.29. The molecule has 1 aliphatic rings. The molecule has 1 heterocycles. The number of methoxy groups -OCH3 is 1. The molecule has 19 heavy (non-hydrogen) atoms. The highest BCUT2D eigenvalue weighted by Crippen LogP contribution is 2.24. The minimum absolute atomic E-state index is 0.0698. The molecular weight excluding hydrogens is 242 g/mol. The molecule has 2 N–H and O–H groups in total. The maximum Gasteiger partial charge on any atom is 0.118 e. The fraction of sp³-hybridized carbons (Fsp3) is 0.600. The molecule has 0 aliphatic carbocycles. The zero-order chi connectivity index (χ0) is 13.7. The fourth-order valence-electron chi connectivity index (χ4n) is 2.39. The van der Waals surface area contributed by atoms with E-state index < -0.39 is 6.10 Å². The Balaban J connectivity index is 1.78. The molecule has 4 nitrogen and oxygen atoms in total. The van der Waals surface area contributed by atoms with Crippen molar-refractivity contribution in [3.63, 3.8) is 0 Å². The third kappa shape index (κ3) is 3.93. The highest BCUT2D eigenvalue weighted by atomic mass is 16.5. The normalized spacial score (nSPS) is 24.4. The zero-order valence-corrected chi connectivity index (χ0v) is 11.7. The smallest absolute Gasteiger partial charge is 0.118 e. The Kier molecular flexibility index (Phi) is 4.80. The number of nitrogens with one attached hydrogen (secondary N) is 1. The second kappa shape index (κ2) is 6.37.